The van der Waals surface area contributed by atoms with Gasteiger partial charge in [-0.1, -0.05) is 18.2 Å². The van der Waals surface area contributed by atoms with Crippen LogP contribution in [0.3, 0.4) is 0 Å². The Morgan fingerprint density at radius 1 is 1.09 bits per heavy atom. The molecule has 0 radical (unpaired) electrons. The first-order valence-corrected chi connectivity index (χ1v) is 6.52. The molecule has 1 aromatic carbocycles. The number of hydrogen-bond acceptors (Lipinski definition) is 7. The first-order chi connectivity index (χ1) is 10.3. The molecule has 0 bridgehead atoms. The van der Waals surface area contributed by atoms with Crippen LogP contribution >= 0.6 is 0 Å². The predicted molar refractivity (Wildman–Crippen MR) is 70.9 cm³/mol. The molecule has 2 rings (SSSR count). The highest BCUT2D eigenvalue weighted by molar-refractivity contribution is 5.91. The predicted octanol–water partition coefficient (Wildman–Crippen LogP) is -0.956. The van der Waals surface area contributed by atoms with Gasteiger partial charge in [0.2, 0.25) is 6.29 Å². The molecule has 0 unspecified atom stereocenters. The fraction of sp³-hybridized carbons (Fsp3) is 0.429. The van der Waals surface area contributed by atoms with Crippen molar-refractivity contribution in [2.75, 3.05) is 0 Å². The minimum atomic E-state index is -1.83. The van der Waals surface area contributed by atoms with Crippen molar-refractivity contribution in [3.05, 3.63) is 35.4 Å². The molecule has 1 aromatic rings. The number of hydrogen-bond donors (Lipinski definition) is 4. The second-order valence-corrected chi connectivity index (χ2v) is 4.96. The average Bonchev–Trinajstić information content (AvgIpc) is 2.47. The number of carboxylic acid groups (broad SMARTS) is 1. The molecule has 4 N–H and O–H groups in total. The molecule has 8 heteroatoms. The fourth-order valence-corrected chi connectivity index (χ4v) is 2.12. The van der Waals surface area contributed by atoms with Crippen LogP contribution in [0.5, 0.6) is 0 Å². The fourth-order valence-electron chi connectivity index (χ4n) is 2.12. The highest BCUT2D eigenvalue weighted by Gasteiger charge is 2.48. The van der Waals surface area contributed by atoms with Gasteiger partial charge in [0.25, 0.3) is 0 Å². The SMILES string of the molecule is Cc1ccccc1C(=O)O[C@@H]1O[C@H](C(=O)O)[C@@H](O)[C@H](O)[C@H]1O. The molecule has 1 fully saturated rings. The lowest BCUT2D eigenvalue weighted by Crippen LogP contribution is -2.60. The van der Waals surface area contributed by atoms with Crippen molar-refractivity contribution in [3.63, 3.8) is 0 Å². The Bertz CT molecular complexity index is 572. The van der Waals surface area contributed by atoms with Gasteiger partial charge in [0.05, 0.1) is 5.56 Å². The van der Waals surface area contributed by atoms with Gasteiger partial charge in [-0.15, -0.1) is 0 Å². The molecular formula is C14H16O8. The molecular weight excluding hydrogens is 296 g/mol. The molecule has 0 saturated carbocycles. The van der Waals surface area contributed by atoms with Crippen LogP contribution in [0.2, 0.25) is 0 Å². The Morgan fingerprint density at radius 2 is 1.73 bits per heavy atom. The minimum absolute atomic E-state index is 0.214. The zero-order valence-electron chi connectivity index (χ0n) is 11.6. The second-order valence-electron chi connectivity index (χ2n) is 4.96. The van der Waals surface area contributed by atoms with Gasteiger partial charge in [-0.05, 0) is 18.6 Å². The van der Waals surface area contributed by atoms with Crippen molar-refractivity contribution in [2.45, 2.75) is 37.6 Å². The number of ether oxygens (including phenoxy) is 2. The normalized spacial score (nSPS) is 31.5. The number of aliphatic hydroxyl groups excluding tert-OH is 3. The van der Waals surface area contributed by atoms with Crippen molar-refractivity contribution >= 4 is 11.9 Å². The quantitative estimate of drug-likeness (QED) is 0.525. The summed E-state index contributed by atoms with van der Waals surface area (Å²) in [6, 6.07) is 6.50. The maximum Gasteiger partial charge on any atom is 0.340 e. The Morgan fingerprint density at radius 3 is 2.32 bits per heavy atom. The van der Waals surface area contributed by atoms with Crippen LogP contribution < -0.4 is 0 Å². The number of aryl methyl sites for hydroxylation is 1. The van der Waals surface area contributed by atoms with Crippen LogP contribution in [0, 0.1) is 6.92 Å². The van der Waals surface area contributed by atoms with E-state index in [0.29, 0.717) is 5.56 Å². The number of benzene rings is 1. The van der Waals surface area contributed by atoms with E-state index in [1.54, 1.807) is 25.1 Å². The van der Waals surface area contributed by atoms with E-state index < -0.39 is 42.6 Å². The van der Waals surface area contributed by atoms with E-state index in [0.717, 1.165) is 0 Å². The molecule has 0 aliphatic carbocycles. The maximum atomic E-state index is 12.0. The molecule has 1 saturated heterocycles. The van der Waals surface area contributed by atoms with E-state index >= 15 is 0 Å². The summed E-state index contributed by atoms with van der Waals surface area (Å²) < 4.78 is 9.80. The number of rotatable bonds is 3. The molecule has 120 valence electrons. The third kappa shape index (κ3) is 3.09. The number of carboxylic acids is 1. The lowest BCUT2D eigenvalue weighted by Gasteiger charge is -2.37. The minimum Gasteiger partial charge on any atom is -0.479 e. The smallest absolute Gasteiger partial charge is 0.340 e. The summed E-state index contributed by atoms with van der Waals surface area (Å²) in [5.74, 6) is -2.38. The average molecular weight is 312 g/mol. The molecule has 1 heterocycles. The highest BCUT2D eigenvalue weighted by atomic mass is 16.7. The van der Waals surface area contributed by atoms with Gasteiger partial charge in [-0.3, -0.25) is 0 Å². The van der Waals surface area contributed by atoms with Gasteiger partial charge in [0.1, 0.15) is 18.3 Å². The number of esters is 1. The van der Waals surface area contributed by atoms with Crippen LogP contribution in [-0.4, -0.2) is 63.1 Å². The van der Waals surface area contributed by atoms with Crippen LogP contribution in [0.1, 0.15) is 15.9 Å². The van der Waals surface area contributed by atoms with E-state index in [-0.39, 0.29) is 5.56 Å². The lowest BCUT2D eigenvalue weighted by atomic mass is 9.99. The zero-order valence-corrected chi connectivity index (χ0v) is 11.6. The van der Waals surface area contributed by atoms with Gasteiger partial charge in [0, 0.05) is 0 Å². The highest BCUT2D eigenvalue weighted by Crippen LogP contribution is 2.23. The van der Waals surface area contributed by atoms with Crippen LogP contribution in [0.4, 0.5) is 0 Å². The first-order valence-electron chi connectivity index (χ1n) is 6.52. The van der Waals surface area contributed by atoms with Crippen molar-refractivity contribution in [2.24, 2.45) is 0 Å². The molecule has 1 aliphatic heterocycles. The van der Waals surface area contributed by atoms with Crippen molar-refractivity contribution < 1.29 is 39.5 Å². The number of aliphatic carboxylic acids is 1. The lowest BCUT2D eigenvalue weighted by molar-refractivity contribution is -0.278. The van der Waals surface area contributed by atoms with Gasteiger partial charge in [0.15, 0.2) is 6.10 Å². The molecule has 0 aromatic heterocycles. The van der Waals surface area contributed by atoms with Crippen molar-refractivity contribution in [1.82, 2.24) is 0 Å². The monoisotopic (exact) mass is 312 g/mol. The molecule has 5 atom stereocenters. The Labute approximate surface area is 125 Å². The van der Waals surface area contributed by atoms with Gasteiger partial charge in [-0.25, -0.2) is 9.59 Å². The van der Waals surface area contributed by atoms with Crippen molar-refractivity contribution in [3.8, 4) is 0 Å². The third-order valence-corrected chi connectivity index (χ3v) is 3.40. The largest absolute Gasteiger partial charge is 0.479 e. The zero-order chi connectivity index (χ0) is 16.4. The van der Waals surface area contributed by atoms with E-state index in [4.69, 9.17) is 14.6 Å². The Kier molecular flexibility index (Phi) is 4.77. The molecule has 0 spiro atoms. The van der Waals surface area contributed by atoms with E-state index in [1.165, 1.54) is 6.07 Å². The number of carbonyl (C=O) groups excluding carboxylic acids is 1. The summed E-state index contributed by atoms with van der Waals surface area (Å²) in [5.41, 5.74) is 0.832. The van der Waals surface area contributed by atoms with Crippen molar-refractivity contribution in [1.29, 1.82) is 0 Å². The second kappa shape index (κ2) is 6.41. The van der Waals surface area contributed by atoms with E-state index in [2.05, 4.69) is 0 Å². The Balaban J connectivity index is 2.16. The number of aliphatic hydroxyl groups is 3. The third-order valence-electron chi connectivity index (χ3n) is 3.40. The summed E-state index contributed by atoms with van der Waals surface area (Å²) in [5, 5.41) is 37.8. The summed E-state index contributed by atoms with van der Waals surface area (Å²) in [6.07, 6.45) is -8.93. The summed E-state index contributed by atoms with van der Waals surface area (Å²) in [4.78, 5) is 23.0. The van der Waals surface area contributed by atoms with E-state index in [9.17, 15) is 24.9 Å². The molecule has 8 nitrogen and oxygen atoms in total. The summed E-state index contributed by atoms with van der Waals surface area (Å²) in [6.45, 7) is 1.67. The molecule has 0 amide bonds. The van der Waals surface area contributed by atoms with Gasteiger partial charge in [-0.2, -0.15) is 0 Å². The van der Waals surface area contributed by atoms with Crippen LogP contribution in [0.15, 0.2) is 24.3 Å². The number of carbonyl (C=O) groups is 2. The topological polar surface area (TPSA) is 134 Å². The summed E-state index contributed by atoms with van der Waals surface area (Å²) in [7, 11) is 0. The first kappa shape index (κ1) is 16.4. The maximum absolute atomic E-state index is 12.0. The Hall–Kier alpha value is -2.00. The van der Waals surface area contributed by atoms with E-state index in [1.807, 2.05) is 0 Å². The van der Waals surface area contributed by atoms with Crippen LogP contribution in [0.25, 0.3) is 0 Å². The summed E-state index contributed by atoms with van der Waals surface area (Å²) >= 11 is 0. The standard InChI is InChI=1S/C14H16O8/c1-6-4-2-3-5-7(6)13(20)22-14-10(17)8(15)9(16)11(21-14)12(18)19/h2-5,8-11,14-17H,1H3,(H,18,19)/t8-,9-,10+,11-,14-/m0/s1. The van der Waals surface area contributed by atoms with Gasteiger partial charge < -0.3 is 29.9 Å². The van der Waals surface area contributed by atoms with Gasteiger partial charge >= 0.3 is 11.9 Å². The molecule has 22 heavy (non-hydrogen) atoms. The molecule has 1 aliphatic rings. The van der Waals surface area contributed by atoms with Crippen LogP contribution in [-0.2, 0) is 14.3 Å².